The molecule has 0 bridgehead atoms. The smallest absolute Gasteiger partial charge is 0.307 e. The van der Waals surface area contributed by atoms with Crippen LogP contribution < -0.4 is 0 Å². The third-order valence-electron chi connectivity index (χ3n) is 0.249. The molecule has 0 aliphatic rings. The van der Waals surface area contributed by atoms with E-state index in [9.17, 15) is 4.79 Å². The van der Waals surface area contributed by atoms with E-state index in [0.717, 1.165) is 12.5 Å². The van der Waals surface area contributed by atoms with E-state index in [1.54, 1.807) is 0 Å². The zero-order valence-corrected chi connectivity index (χ0v) is 5.00. The van der Waals surface area contributed by atoms with Crippen LogP contribution in [0.3, 0.4) is 0 Å². The Labute approximate surface area is 53.0 Å². The second-order valence-corrected chi connectivity index (χ2v) is 0.876. The van der Waals surface area contributed by atoms with E-state index in [2.05, 4.69) is 11.3 Å². The number of rotatable bonds is 1. The molecular weight excluding hydrogens is 122 g/mol. The van der Waals surface area contributed by atoms with Gasteiger partial charge in [-0.25, -0.2) is 0 Å². The van der Waals surface area contributed by atoms with Gasteiger partial charge >= 0.3 is 5.97 Å². The third-order valence-corrected chi connectivity index (χ3v) is 0.249. The fourth-order valence-corrected chi connectivity index (χ4v) is 0.117. The highest BCUT2D eigenvalue weighted by Crippen LogP contribution is 1.70. The summed E-state index contributed by atoms with van der Waals surface area (Å²) >= 11 is 0. The highest BCUT2D eigenvalue weighted by atomic mass is 16.5. The average molecular weight is 129 g/mol. The van der Waals surface area contributed by atoms with E-state index in [1.807, 2.05) is 0 Å². The predicted octanol–water partition coefficient (Wildman–Crippen LogP) is 0.533. The second kappa shape index (κ2) is 9.71. The lowest BCUT2D eigenvalue weighted by Gasteiger charge is -1.83. The van der Waals surface area contributed by atoms with Gasteiger partial charge in [0.05, 0.1) is 6.26 Å². The minimum absolute atomic E-state index is 0.329. The lowest BCUT2D eigenvalue weighted by atomic mass is 10.8. The average Bonchev–Trinajstić information content (AvgIpc) is 1.67. The van der Waals surface area contributed by atoms with Crippen molar-refractivity contribution in [2.24, 2.45) is 0 Å². The molecule has 0 aromatic heterocycles. The van der Waals surface area contributed by atoms with Crippen molar-refractivity contribution in [3.05, 3.63) is 12.8 Å². The van der Waals surface area contributed by atoms with E-state index >= 15 is 0 Å². The van der Waals surface area contributed by atoms with Gasteiger partial charge in [0.1, 0.15) is 0 Å². The summed E-state index contributed by atoms with van der Waals surface area (Å²) in [6.45, 7) is 4.48. The van der Waals surface area contributed by atoms with Crippen molar-refractivity contribution in [3.8, 4) is 6.26 Å². The van der Waals surface area contributed by atoms with Gasteiger partial charge in [0.25, 0.3) is 6.26 Å². The molecule has 0 saturated heterocycles. The van der Waals surface area contributed by atoms with Gasteiger partial charge in [0.2, 0.25) is 0 Å². The minimum atomic E-state index is -0.329. The molecule has 0 aliphatic heterocycles. The van der Waals surface area contributed by atoms with Gasteiger partial charge in [-0.05, 0) is 0 Å². The fourth-order valence-electron chi connectivity index (χ4n) is 0.117. The lowest BCUT2D eigenvalue weighted by Crippen LogP contribution is -1.87. The summed E-state index contributed by atoms with van der Waals surface area (Å²) in [5, 5.41) is 13.8. The van der Waals surface area contributed by atoms with Crippen LogP contribution in [0.1, 0.15) is 6.92 Å². The van der Waals surface area contributed by atoms with Crippen LogP contribution in [0, 0.1) is 11.5 Å². The maximum atomic E-state index is 9.75. The maximum absolute atomic E-state index is 9.75. The summed E-state index contributed by atoms with van der Waals surface area (Å²) in [7, 11) is 0. The number of carbonyl (C=O) groups excluding carboxylic acids is 1. The van der Waals surface area contributed by atoms with Gasteiger partial charge in [-0.2, -0.15) is 5.26 Å². The first-order valence-corrected chi connectivity index (χ1v) is 2.00. The molecule has 4 nitrogen and oxygen atoms in total. The van der Waals surface area contributed by atoms with Gasteiger partial charge in [0.15, 0.2) is 0 Å². The topological polar surface area (TPSA) is 70.3 Å². The summed E-state index contributed by atoms with van der Waals surface area (Å²) in [5.41, 5.74) is 0. The molecule has 0 spiro atoms. The minimum Gasteiger partial charge on any atom is -0.443 e. The number of hydrogen-bond donors (Lipinski definition) is 1. The standard InChI is InChI=1S/C4H6O2.CHNO/c1-3-6-4(2)5;2-1-3/h3H,1H2,2H3;3H. The number of esters is 1. The Morgan fingerprint density at radius 2 is 2.33 bits per heavy atom. The van der Waals surface area contributed by atoms with Crippen molar-refractivity contribution >= 4 is 5.97 Å². The largest absolute Gasteiger partial charge is 0.443 e. The molecule has 0 aromatic carbocycles. The number of nitriles is 1. The first-order valence-electron chi connectivity index (χ1n) is 2.00. The Hall–Kier alpha value is -1.50. The summed E-state index contributed by atoms with van der Waals surface area (Å²) in [6, 6.07) is 0. The summed E-state index contributed by atoms with van der Waals surface area (Å²) in [4.78, 5) is 9.75. The fraction of sp³-hybridized carbons (Fsp3) is 0.200. The number of ether oxygens (including phenoxy) is 1. The first-order chi connectivity index (χ1) is 4.18. The highest BCUT2D eigenvalue weighted by Gasteiger charge is 1.79. The molecule has 9 heavy (non-hydrogen) atoms. The molecule has 0 atom stereocenters. The van der Waals surface area contributed by atoms with E-state index < -0.39 is 0 Å². The number of carbonyl (C=O) groups is 1. The van der Waals surface area contributed by atoms with Gasteiger partial charge < -0.3 is 9.84 Å². The Morgan fingerprint density at radius 3 is 2.33 bits per heavy atom. The van der Waals surface area contributed by atoms with Crippen LogP contribution in [0.5, 0.6) is 0 Å². The molecule has 0 aromatic rings. The quantitative estimate of drug-likeness (QED) is 0.318. The summed E-state index contributed by atoms with van der Waals surface area (Å²) in [6.07, 6.45) is 1.85. The summed E-state index contributed by atoms with van der Waals surface area (Å²) < 4.78 is 4.17. The van der Waals surface area contributed by atoms with Crippen LogP contribution in [-0.4, -0.2) is 11.1 Å². The van der Waals surface area contributed by atoms with E-state index in [-0.39, 0.29) is 5.97 Å². The molecule has 0 radical (unpaired) electrons. The maximum Gasteiger partial charge on any atom is 0.307 e. The molecule has 0 rings (SSSR count). The monoisotopic (exact) mass is 129 g/mol. The van der Waals surface area contributed by atoms with Crippen molar-refractivity contribution in [2.45, 2.75) is 6.92 Å². The molecule has 1 N–H and O–H groups in total. The Kier molecular flexibility index (Phi) is 11.3. The van der Waals surface area contributed by atoms with Gasteiger partial charge in [0, 0.05) is 6.92 Å². The van der Waals surface area contributed by atoms with E-state index in [0.29, 0.717) is 0 Å². The number of aliphatic hydroxyl groups excluding tert-OH is 1. The predicted molar refractivity (Wildman–Crippen MR) is 29.5 cm³/mol. The van der Waals surface area contributed by atoms with Gasteiger partial charge in [-0.15, -0.1) is 0 Å². The summed E-state index contributed by atoms with van der Waals surface area (Å²) in [5.74, 6) is -0.329. The molecule has 0 amide bonds. The molecule has 0 aliphatic carbocycles. The normalized spacial score (nSPS) is 5.33. The SMILES string of the molecule is C=COC(C)=O.N#CO. The third kappa shape index (κ3) is 58.5. The Morgan fingerprint density at radius 1 is 2.00 bits per heavy atom. The van der Waals surface area contributed by atoms with Crippen LogP contribution in [0.2, 0.25) is 0 Å². The van der Waals surface area contributed by atoms with Crippen LogP contribution in [0.15, 0.2) is 12.8 Å². The molecule has 50 valence electrons. The lowest BCUT2D eigenvalue weighted by molar-refractivity contribution is -0.135. The Bertz CT molecular complexity index is 125. The molecule has 0 saturated carbocycles. The van der Waals surface area contributed by atoms with Crippen molar-refractivity contribution in [2.75, 3.05) is 0 Å². The molecule has 0 unspecified atom stereocenters. The van der Waals surface area contributed by atoms with E-state index in [4.69, 9.17) is 10.4 Å². The van der Waals surface area contributed by atoms with Crippen molar-refractivity contribution in [1.82, 2.24) is 0 Å². The van der Waals surface area contributed by atoms with Crippen molar-refractivity contribution in [3.63, 3.8) is 0 Å². The zero-order valence-electron chi connectivity index (χ0n) is 5.00. The van der Waals surface area contributed by atoms with Crippen LogP contribution >= 0.6 is 0 Å². The van der Waals surface area contributed by atoms with Gasteiger partial charge in [-0.1, -0.05) is 6.58 Å². The van der Waals surface area contributed by atoms with Crippen LogP contribution in [-0.2, 0) is 9.53 Å². The number of hydrogen-bond acceptors (Lipinski definition) is 4. The molecule has 4 heteroatoms. The molecule has 0 heterocycles. The van der Waals surface area contributed by atoms with E-state index in [1.165, 1.54) is 6.92 Å². The zero-order chi connectivity index (χ0) is 7.70. The van der Waals surface area contributed by atoms with Crippen molar-refractivity contribution < 1.29 is 14.6 Å². The highest BCUT2D eigenvalue weighted by molar-refractivity contribution is 5.66. The molecule has 0 fully saturated rings. The van der Waals surface area contributed by atoms with Gasteiger partial charge in [-0.3, -0.25) is 4.79 Å². The number of nitrogens with zero attached hydrogens (tertiary/aromatic N) is 1. The van der Waals surface area contributed by atoms with Crippen molar-refractivity contribution in [1.29, 1.82) is 5.26 Å². The Balaban J connectivity index is 0. The van der Waals surface area contributed by atoms with Crippen LogP contribution in [0.25, 0.3) is 0 Å². The second-order valence-electron chi connectivity index (χ2n) is 0.876. The first kappa shape index (κ1) is 10.5. The molecular formula is C5H7NO3. The van der Waals surface area contributed by atoms with Crippen LogP contribution in [0.4, 0.5) is 0 Å². The number of aliphatic hydroxyl groups is 1.